The Kier molecular flexibility index (Phi) is 5.77. The molecule has 1 unspecified atom stereocenters. The van der Waals surface area contributed by atoms with Crippen molar-refractivity contribution in [3.05, 3.63) is 71.5 Å². The van der Waals surface area contributed by atoms with Gasteiger partial charge in [0.25, 0.3) is 0 Å². The van der Waals surface area contributed by atoms with E-state index in [1.165, 1.54) is 30.5 Å². The molecule has 4 nitrogen and oxygen atoms in total. The molecule has 1 fully saturated rings. The fourth-order valence-electron chi connectivity index (χ4n) is 3.47. The van der Waals surface area contributed by atoms with Crippen molar-refractivity contribution in [2.24, 2.45) is 0 Å². The molecular formula is C20H19ClF2N2O2. The zero-order valence-corrected chi connectivity index (χ0v) is 15.3. The SMILES string of the molecule is Cl.O=C(Cc1coc2cc(F)ccc12)N1CCNCC1c1cccc(F)c1. The number of carbonyl (C=O) groups excluding carboxylic acids is 1. The van der Waals surface area contributed by atoms with Gasteiger partial charge in [-0.1, -0.05) is 12.1 Å². The molecule has 0 radical (unpaired) electrons. The van der Waals surface area contributed by atoms with Crippen molar-refractivity contribution >= 4 is 29.3 Å². The number of benzene rings is 2. The number of fused-ring (bicyclic) bond motifs is 1. The van der Waals surface area contributed by atoms with Crippen molar-refractivity contribution in [2.45, 2.75) is 12.5 Å². The fraction of sp³-hybridized carbons (Fsp3) is 0.250. The smallest absolute Gasteiger partial charge is 0.227 e. The van der Waals surface area contributed by atoms with Crippen LogP contribution in [0, 0.1) is 11.6 Å². The number of rotatable bonds is 3. The number of nitrogens with one attached hydrogen (secondary N) is 1. The molecule has 7 heteroatoms. The van der Waals surface area contributed by atoms with E-state index in [0.29, 0.717) is 25.2 Å². The van der Waals surface area contributed by atoms with Crippen molar-refractivity contribution in [1.82, 2.24) is 10.2 Å². The van der Waals surface area contributed by atoms with Gasteiger partial charge in [-0.15, -0.1) is 12.4 Å². The van der Waals surface area contributed by atoms with Gasteiger partial charge in [0.15, 0.2) is 0 Å². The van der Waals surface area contributed by atoms with Crippen LogP contribution >= 0.6 is 12.4 Å². The Morgan fingerprint density at radius 1 is 1.19 bits per heavy atom. The maximum absolute atomic E-state index is 13.6. The van der Waals surface area contributed by atoms with Crippen LogP contribution in [-0.4, -0.2) is 30.4 Å². The van der Waals surface area contributed by atoms with Crippen LogP contribution in [0.2, 0.25) is 0 Å². The van der Waals surface area contributed by atoms with Gasteiger partial charge < -0.3 is 14.6 Å². The number of hydrogen-bond acceptors (Lipinski definition) is 3. The van der Waals surface area contributed by atoms with Crippen molar-refractivity contribution in [3.63, 3.8) is 0 Å². The minimum atomic E-state index is -0.377. The van der Waals surface area contributed by atoms with E-state index >= 15 is 0 Å². The van der Waals surface area contributed by atoms with Crippen LogP contribution in [0.3, 0.4) is 0 Å². The van der Waals surface area contributed by atoms with Gasteiger partial charge in [0.1, 0.15) is 17.2 Å². The summed E-state index contributed by atoms with van der Waals surface area (Å²) >= 11 is 0. The molecule has 0 aliphatic carbocycles. The second kappa shape index (κ2) is 8.06. The molecule has 0 bridgehead atoms. The molecule has 142 valence electrons. The third-order valence-corrected chi connectivity index (χ3v) is 4.76. The molecule has 1 aliphatic rings. The lowest BCUT2D eigenvalue weighted by Gasteiger charge is -2.36. The summed E-state index contributed by atoms with van der Waals surface area (Å²) in [5, 5.41) is 3.99. The van der Waals surface area contributed by atoms with Gasteiger partial charge >= 0.3 is 0 Å². The standard InChI is InChI=1S/C20H18F2N2O2.ClH/c21-15-3-1-2-13(8-15)18-11-23-6-7-24(18)20(25)9-14-12-26-19-10-16(22)4-5-17(14)19;/h1-5,8,10,12,18,23H,6-7,9,11H2;1H. The Morgan fingerprint density at radius 3 is 2.81 bits per heavy atom. The lowest BCUT2D eigenvalue weighted by Crippen LogP contribution is -2.49. The monoisotopic (exact) mass is 392 g/mol. The third-order valence-electron chi connectivity index (χ3n) is 4.76. The molecule has 27 heavy (non-hydrogen) atoms. The molecular weight excluding hydrogens is 374 g/mol. The Hall–Kier alpha value is -2.44. The molecule has 0 saturated carbocycles. The predicted octanol–water partition coefficient (Wildman–Crippen LogP) is 3.85. The highest BCUT2D eigenvalue weighted by Crippen LogP contribution is 2.26. The summed E-state index contributed by atoms with van der Waals surface area (Å²) in [5.74, 6) is -0.755. The van der Waals surface area contributed by atoms with Gasteiger partial charge in [0.2, 0.25) is 5.91 Å². The molecule has 4 rings (SSSR count). The zero-order chi connectivity index (χ0) is 18.1. The molecule has 1 aliphatic heterocycles. The summed E-state index contributed by atoms with van der Waals surface area (Å²) in [6, 6.07) is 10.4. The van der Waals surface area contributed by atoms with Crippen molar-refractivity contribution < 1.29 is 18.0 Å². The zero-order valence-electron chi connectivity index (χ0n) is 14.5. The normalized spacial score (nSPS) is 17.0. The quantitative estimate of drug-likeness (QED) is 0.736. The number of amides is 1. The minimum absolute atomic E-state index is 0. The maximum atomic E-state index is 13.6. The van der Waals surface area contributed by atoms with Crippen molar-refractivity contribution in [2.75, 3.05) is 19.6 Å². The average Bonchev–Trinajstić information content (AvgIpc) is 3.03. The lowest BCUT2D eigenvalue weighted by atomic mass is 10.0. The average molecular weight is 393 g/mol. The second-order valence-corrected chi connectivity index (χ2v) is 6.44. The third kappa shape index (κ3) is 3.96. The first-order valence-corrected chi connectivity index (χ1v) is 8.53. The molecule has 2 aromatic carbocycles. The highest BCUT2D eigenvalue weighted by atomic mass is 35.5. The number of hydrogen-bond donors (Lipinski definition) is 1. The maximum Gasteiger partial charge on any atom is 0.227 e. The number of furan rings is 1. The summed E-state index contributed by atoms with van der Waals surface area (Å²) in [6.45, 7) is 1.81. The summed E-state index contributed by atoms with van der Waals surface area (Å²) in [7, 11) is 0. The molecule has 1 aromatic heterocycles. The molecule has 1 atom stereocenters. The highest BCUT2D eigenvalue weighted by Gasteiger charge is 2.28. The largest absolute Gasteiger partial charge is 0.464 e. The van der Waals surface area contributed by atoms with Crippen LogP contribution in [0.25, 0.3) is 11.0 Å². The summed E-state index contributed by atoms with van der Waals surface area (Å²) in [4.78, 5) is 14.7. The van der Waals surface area contributed by atoms with E-state index in [0.717, 1.165) is 16.5 Å². The van der Waals surface area contributed by atoms with Crippen LogP contribution in [0.5, 0.6) is 0 Å². The summed E-state index contributed by atoms with van der Waals surface area (Å²) in [5.41, 5.74) is 1.92. The van der Waals surface area contributed by atoms with E-state index in [9.17, 15) is 13.6 Å². The van der Waals surface area contributed by atoms with Crippen molar-refractivity contribution in [3.8, 4) is 0 Å². The minimum Gasteiger partial charge on any atom is -0.464 e. The molecule has 1 amide bonds. The van der Waals surface area contributed by atoms with E-state index < -0.39 is 0 Å². The van der Waals surface area contributed by atoms with E-state index in [-0.39, 0.29) is 42.4 Å². The second-order valence-electron chi connectivity index (χ2n) is 6.44. The Bertz CT molecular complexity index is 960. The molecule has 1 saturated heterocycles. The van der Waals surface area contributed by atoms with Gasteiger partial charge in [-0.2, -0.15) is 0 Å². The number of piperazine rings is 1. The number of halogens is 3. The molecule has 1 N–H and O–H groups in total. The molecule has 3 aromatic rings. The van der Waals surface area contributed by atoms with Crippen molar-refractivity contribution in [1.29, 1.82) is 0 Å². The van der Waals surface area contributed by atoms with Crippen LogP contribution in [0.1, 0.15) is 17.2 Å². The summed E-state index contributed by atoms with van der Waals surface area (Å²) < 4.78 is 32.3. The van der Waals surface area contributed by atoms with Gasteiger partial charge in [-0.25, -0.2) is 8.78 Å². The van der Waals surface area contributed by atoms with Crippen LogP contribution < -0.4 is 5.32 Å². The number of carbonyl (C=O) groups is 1. The van der Waals surface area contributed by atoms with Gasteiger partial charge in [0.05, 0.1) is 18.7 Å². The van der Waals surface area contributed by atoms with Gasteiger partial charge in [0, 0.05) is 36.7 Å². The first-order valence-electron chi connectivity index (χ1n) is 8.53. The van der Waals surface area contributed by atoms with Gasteiger partial charge in [-0.3, -0.25) is 4.79 Å². The topological polar surface area (TPSA) is 45.5 Å². The van der Waals surface area contributed by atoms with E-state index in [1.54, 1.807) is 17.0 Å². The van der Waals surface area contributed by atoms with E-state index in [4.69, 9.17) is 4.42 Å². The Labute approximate surface area is 161 Å². The lowest BCUT2D eigenvalue weighted by molar-refractivity contribution is -0.133. The van der Waals surface area contributed by atoms with Gasteiger partial charge in [-0.05, 0) is 29.8 Å². The van der Waals surface area contributed by atoms with Crippen LogP contribution in [-0.2, 0) is 11.2 Å². The Balaban J connectivity index is 0.00000210. The van der Waals surface area contributed by atoms with E-state index in [1.807, 2.05) is 6.07 Å². The first-order chi connectivity index (χ1) is 12.6. The predicted molar refractivity (Wildman–Crippen MR) is 101 cm³/mol. The van der Waals surface area contributed by atoms with E-state index in [2.05, 4.69) is 5.32 Å². The first kappa shape index (κ1) is 19.3. The fourth-order valence-corrected chi connectivity index (χ4v) is 3.47. The number of nitrogens with zero attached hydrogens (tertiary/aromatic N) is 1. The van der Waals surface area contributed by atoms with Crippen LogP contribution in [0.15, 0.2) is 53.1 Å². The van der Waals surface area contributed by atoms with Crippen LogP contribution in [0.4, 0.5) is 8.78 Å². The Morgan fingerprint density at radius 2 is 2.00 bits per heavy atom. The highest BCUT2D eigenvalue weighted by molar-refractivity contribution is 5.88. The molecule has 2 heterocycles. The molecule has 0 spiro atoms. The summed E-state index contributed by atoms with van der Waals surface area (Å²) in [6.07, 6.45) is 1.66.